The zero-order valence-electron chi connectivity index (χ0n) is 11.1. The number of halogens is 1. The number of alkyl halides is 1. The number of likely N-dealkylation sites (tertiary alicyclic amines) is 1. The van der Waals surface area contributed by atoms with Crippen LogP contribution in [-0.4, -0.2) is 29.9 Å². The fourth-order valence-electron chi connectivity index (χ4n) is 2.72. The summed E-state index contributed by atoms with van der Waals surface area (Å²) in [5, 5.41) is 0. The lowest BCUT2D eigenvalue weighted by atomic mass is 9.95. The van der Waals surface area contributed by atoms with Crippen LogP contribution in [0, 0.1) is 5.92 Å². The Morgan fingerprint density at radius 3 is 2.75 bits per heavy atom. The lowest BCUT2D eigenvalue weighted by molar-refractivity contribution is 0.133. The van der Waals surface area contributed by atoms with E-state index in [9.17, 15) is 0 Å². The van der Waals surface area contributed by atoms with Gasteiger partial charge in [0.15, 0.2) is 0 Å². The fourth-order valence-corrected chi connectivity index (χ4v) is 3.07. The molecule has 0 aliphatic carbocycles. The molecule has 2 atom stereocenters. The van der Waals surface area contributed by atoms with Gasteiger partial charge in [0.2, 0.25) is 0 Å². The van der Waals surface area contributed by atoms with Crippen molar-refractivity contribution in [1.82, 2.24) is 4.90 Å². The van der Waals surface area contributed by atoms with Crippen LogP contribution in [0.1, 0.15) is 58.8 Å². The third kappa shape index (κ3) is 4.63. The average Bonchev–Trinajstić information content (AvgIpc) is 2.34. The van der Waals surface area contributed by atoms with Gasteiger partial charge in [0.05, 0.1) is 0 Å². The van der Waals surface area contributed by atoms with Gasteiger partial charge in [-0.3, -0.25) is 4.90 Å². The molecule has 0 aromatic carbocycles. The molecule has 1 fully saturated rings. The van der Waals surface area contributed by atoms with E-state index in [0.717, 1.165) is 11.8 Å². The Hall–Kier alpha value is 0.250. The first kappa shape index (κ1) is 14.3. The van der Waals surface area contributed by atoms with Crippen molar-refractivity contribution in [3.8, 4) is 0 Å². The maximum absolute atomic E-state index is 6.06. The van der Waals surface area contributed by atoms with E-state index in [0.29, 0.717) is 6.04 Å². The molecular weight excluding hydrogens is 218 g/mol. The van der Waals surface area contributed by atoms with Crippen molar-refractivity contribution in [2.24, 2.45) is 5.92 Å². The first-order valence-corrected chi connectivity index (χ1v) is 7.65. The van der Waals surface area contributed by atoms with Crippen molar-refractivity contribution >= 4 is 11.6 Å². The molecule has 1 nitrogen and oxygen atoms in total. The van der Waals surface area contributed by atoms with Gasteiger partial charge in [0, 0.05) is 18.5 Å². The molecule has 0 amide bonds. The molecule has 1 heterocycles. The van der Waals surface area contributed by atoms with E-state index in [2.05, 4.69) is 18.7 Å². The molecule has 96 valence electrons. The molecule has 0 aromatic heterocycles. The summed E-state index contributed by atoms with van der Waals surface area (Å²) >= 11 is 6.06. The maximum atomic E-state index is 6.06. The lowest BCUT2D eigenvalue weighted by Gasteiger charge is -2.36. The van der Waals surface area contributed by atoms with Crippen molar-refractivity contribution in [3.05, 3.63) is 0 Å². The quantitative estimate of drug-likeness (QED) is 0.605. The number of piperidine rings is 1. The highest BCUT2D eigenvalue weighted by Crippen LogP contribution is 2.22. The van der Waals surface area contributed by atoms with Gasteiger partial charge in [0.25, 0.3) is 0 Å². The smallest absolute Gasteiger partial charge is 0.0379 e. The molecule has 0 bridgehead atoms. The van der Waals surface area contributed by atoms with Crippen molar-refractivity contribution in [2.75, 3.05) is 19.0 Å². The number of unbranched alkanes of at least 4 members (excludes halogenated alkanes) is 1. The molecule has 2 unspecified atom stereocenters. The molecule has 0 N–H and O–H groups in total. The van der Waals surface area contributed by atoms with E-state index in [-0.39, 0.29) is 0 Å². The van der Waals surface area contributed by atoms with Crippen LogP contribution in [0.3, 0.4) is 0 Å². The van der Waals surface area contributed by atoms with Gasteiger partial charge in [-0.15, -0.1) is 11.6 Å². The van der Waals surface area contributed by atoms with Crippen molar-refractivity contribution in [3.63, 3.8) is 0 Å². The van der Waals surface area contributed by atoms with E-state index in [4.69, 9.17) is 11.6 Å². The fraction of sp³-hybridized carbons (Fsp3) is 1.00. The number of rotatable bonds is 7. The zero-order chi connectivity index (χ0) is 11.8. The van der Waals surface area contributed by atoms with E-state index < -0.39 is 0 Å². The lowest BCUT2D eigenvalue weighted by Crippen LogP contribution is -2.43. The standard InChI is InChI=1S/C14H28ClN/c1-3-5-8-13(4-2)12-16-10-7-6-9-14(16)11-15/h13-14H,3-12H2,1-2H3. The van der Waals surface area contributed by atoms with Crippen LogP contribution < -0.4 is 0 Å². The predicted molar refractivity (Wildman–Crippen MR) is 73.2 cm³/mol. The van der Waals surface area contributed by atoms with E-state index in [1.54, 1.807) is 0 Å². The molecule has 1 aliphatic heterocycles. The highest BCUT2D eigenvalue weighted by molar-refractivity contribution is 6.18. The van der Waals surface area contributed by atoms with Gasteiger partial charge >= 0.3 is 0 Å². The summed E-state index contributed by atoms with van der Waals surface area (Å²) in [7, 11) is 0. The normalized spacial score (nSPS) is 24.6. The summed E-state index contributed by atoms with van der Waals surface area (Å²) in [6, 6.07) is 0.658. The summed E-state index contributed by atoms with van der Waals surface area (Å²) in [6.07, 6.45) is 9.50. The van der Waals surface area contributed by atoms with Crippen LogP contribution in [-0.2, 0) is 0 Å². The Balaban J connectivity index is 2.35. The monoisotopic (exact) mass is 245 g/mol. The molecule has 1 aliphatic rings. The summed E-state index contributed by atoms with van der Waals surface area (Å²) in [5.74, 6) is 1.72. The highest BCUT2D eigenvalue weighted by Gasteiger charge is 2.23. The topological polar surface area (TPSA) is 3.24 Å². The van der Waals surface area contributed by atoms with Crippen LogP contribution >= 0.6 is 11.6 Å². The Morgan fingerprint density at radius 1 is 1.31 bits per heavy atom. The minimum Gasteiger partial charge on any atom is -0.299 e. The predicted octanol–water partition coefficient (Wildman–Crippen LogP) is 4.30. The maximum Gasteiger partial charge on any atom is 0.0379 e. The van der Waals surface area contributed by atoms with E-state index >= 15 is 0 Å². The van der Waals surface area contributed by atoms with Gasteiger partial charge in [-0.05, 0) is 31.7 Å². The summed E-state index contributed by atoms with van der Waals surface area (Å²) in [6.45, 7) is 7.18. The molecular formula is C14H28ClN. The zero-order valence-corrected chi connectivity index (χ0v) is 11.8. The number of hydrogen-bond donors (Lipinski definition) is 0. The molecule has 0 spiro atoms. The van der Waals surface area contributed by atoms with Gasteiger partial charge in [-0.2, -0.15) is 0 Å². The van der Waals surface area contributed by atoms with Crippen LogP contribution in [0.25, 0.3) is 0 Å². The number of nitrogens with zero attached hydrogens (tertiary/aromatic N) is 1. The summed E-state index contributed by atoms with van der Waals surface area (Å²) < 4.78 is 0. The highest BCUT2D eigenvalue weighted by atomic mass is 35.5. The van der Waals surface area contributed by atoms with Gasteiger partial charge in [-0.25, -0.2) is 0 Å². The first-order valence-electron chi connectivity index (χ1n) is 7.11. The SMILES string of the molecule is CCCCC(CC)CN1CCCCC1CCl. The minimum atomic E-state index is 0.658. The van der Waals surface area contributed by atoms with Gasteiger partial charge in [0.1, 0.15) is 0 Å². The Kier molecular flexibility index (Phi) is 7.47. The second-order valence-electron chi connectivity index (χ2n) is 5.22. The molecule has 1 saturated heterocycles. The minimum absolute atomic E-state index is 0.658. The van der Waals surface area contributed by atoms with Crippen molar-refractivity contribution in [1.29, 1.82) is 0 Å². The third-order valence-electron chi connectivity index (χ3n) is 3.96. The Bertz CT molecular complexity index is 172. The van der Waals surface area contributed by atoms with Crippen LogP contribution in [0.5, 0.6) is 0 Å². The average molecular weight is 246 g/mol. The van der Waals surface area contributed by atoms with Crippen LogP contribution in [0.4, 0.5) is 0 Å². The summed E-state index contributed by atoms with van der Waals surface area (Å²) in [4.78, 5) is 2.65. The molecule has 1 rings (SSSR count). The van der Waals surface area contributed by atoms with Crippen molar-refractivity contribution in [2.45, 2.75) is 64.8 Å². The Morgan fingerprint density at radius 2 is 2.12 bits per heavy atom. The largest absolute Gasteiger partial charge is 0.299 e. The molecule has 0 aromatic rings. The Labute approximate surface area is 107 Å². The second kappa shape index (κ2) is 8.36. The summed E-state index contributed by atoms with van der Waals surface area (Å²) in [5.41, 5.74) is 0. The molecule has 2 heteroatoms. The van der Waals surface area contributed by atoms with Crippen molar-refractivity contribution < 1.29 is 0 Å². The van der Waals surface area contributed by atoms with Gasteiger partial charge < -0.3 is 0 Å². The van der Waals surface area contributed by atoms with Gasteiger partial charge in [-0.1, -0.05) is 39.5 Å². The molecule has 0 radical (unpaired) electrons. The molecule has 0 saturated carbocycles. The second-order valence-corrected chi connectivity index (χ2v) is 5.52. The van der Waals surface area contributed by atoms with E-state index in [1.807, 2.05) is 0 Å². The van der Waals surface area contributed by atoms with E-state index in [1.165, 1.54) is 58.0 Å². The number of hydrogen-bond acceptors (Lipinski definition) is 1. The third-order valence-corrected chi connectivity index (χ3v) is 4.32. The van der Waals surface area contributed by atoms with Crippen LogP contribution in [0.2, 0.25) is 0 Å². The van der Waals surface area contributed by atoms with Crippen LogP contribution in [0.15, 0.2) is 0 Å². The first-order chi connectivity index (χ1) is 7.81. The molecule has 16 heavy (non-hydrogen) atoms.